The molecule has 2 fully saturated rings. The molecule has 1 saturated carbocycles. The summed E-state index contributed by atoms with van der Waals surface area (Å²) >= 11 is 0. The third kappa shape index (κ3) is 3.44. The first kappa shape index (κ1) is 14.3. The summed E-state index contributed by atoms with van der Waals surface area (Å²) in [6, 6.07) is 0. The van der Waals surface area contributed by atoms with Crippen molar-refractivity contribution in [2.75, 3.05) is 33.9 Å². The molecule has 18 heavy (non-hydrogen) atoms. The second-order valence-electron chi connectivity index (χ2n) is 5.73. The van der Waals surface area contributed by atoms with E-state index >= 15 is 0 Å². The van der Waals surface area contributed by atoms with Crippen molar-refractivity contribution in [3.05, 3.63) is 0 Å². The molecule has 4 unspecified atom stereocenters. The van der Waals surface area contributed by atoms with Gasteiger partial charge in [0.2, 0.25) is 0 Å². The van der Waals surface area contributed by atoms with Gasteiger partial charge in [0, 0.05) is 33.9 Å². The summed E-state index contributed by atoms with van der Waals surface area (Å²) in [5.74, 6) is 0.431. The molecule has 1 aliphatic heterocycles. The van der Waals surface area contributed by atoms with Crippen molar-refractivity contribution in [1.82, 2.24) is 4.90 Å². The molecule has 2 rings (SSSR count). The number of aliphatic hydroxyl groups is 1. The Labute approximate surface area is 110 Å². The Morgan fingerprint density at radius 2 is 1.61 bits per heavy atom. The third-order valence-corrected chi connectivity index (χ3v) is 4.51. The molecule has 0 aromatic carbocycles. The molecule has 0 spiro atoms. The summed E-state index contributed by atoms with van der Waals surface area (Å²) < 4.78 is 10.9. The molecule has 0 bridgehead atoms. The smallest absolute Gasteiger partial charge is 0.0971 e. The van der Waals surface area contributed by atoms with Crippen LogP contribution >= 0.6 is 0 Å². The molecule has 4 atom stereocenters. The Morgan fingerprint density at radius 3 is 2.22 bits per heavy atom. The van der Waals surface area contributed by atoms with Gasteiger partial charge in [0.05, 0.1) is 18.3 Å². The van der Waals surface area contributed by atoms with Gasteiger partial charge in [0.25, 0.3) is 0 Å². The topological polar surface area (TPSA) is 41.9 Å². The van der Waals surface area contributed by atoms with Crippen LogP contribution in [0.1, 0.15) is 32.1 Å². The summed E-state index contributed by atoms with van der Waals surface area (Å²) in [4.78, 5) is 2.39. The van der Waals surface area contributed by atoms with E-state index in [2.05, 4.69) is 4.90 Å². The molecule has 4 nitrogen and oxygen atoms in total. The maximum atomic E-state index is 10.2. The maximum Gasteiger partial charge on any atom is 0.0971 e. The summed E-state index contributed by atoms with van der Waals surface area (Å²) in [7, 11) is 3.50. The minimum absolute atomic E-state index is 0.116. The van der Waals surface area contributed by atoms with Crippen molar-refractivity contribution in [3.63, 3.8) is 0 Å². The molecule has 2 aliphatic rings. The Hall–Kier alpha value is -0.160. The molecular weight excluding hydrogens is 230 g/mol. The second kappa shape index (κ2) is 6.85. The molecule has 1 N–H and O–H groups in total. The van der Waals surface area contributed by atoms with E-state index in [4.69, 9.17) is 9.47 Å². The van der Waals surface area contributed by atoms with Gasteiger partial charge < -0.3 is 14.6 Å². The Balaban J connectivity index is 1.85. The zero-order valence-corrected chi connectivity index (χ0v) is 11.7. The lowest BCUT2D eigenvalue weighted by Crippen LogP contribution is -2.34. The van der Waals surface area contributed by atoms with Gasteiger partial charge in [-0.1, -0.05) is 19.3 Å². The van der Waals surface area contributed by atoms with E-state index in [0.29, 0.717) is 5.92 Å². The average molecular weight is 257 g/mol. The van der Waals surface area contributed by atoms with Gasteiger partial charge in [-0.3, -0.25) is 4.90 Å². The summed E-state index contributed by atoms with van der Waals surface area (Å²) in [5.41, 5.74) is 0. The zero-order chi connectivity index (χ0) is 13.0. The Morgan fingerprint density at radius 1 is 1.00 bits per heavy atom. The monoisotopic (exact) mass is 257 g/mol. The number of hydrogen-bond donors (Lipinski definition) is 1. The number of methoxy groups -OCH3 is 2. The van der Waals surface area contributed by atoms with Gasteiger partial charge in [-0.25, -0.2) is 0 Å². The van der Waals surface area contributed by atoms with E-state index in [0.717, 1.165) is 32.5 Å². The summed E-state index contributed by atoms with van der Waals surface area (Å²) in [6.45, 7) is 2.84. The van der Waals surface area contributed by atoms with Crippen molar-refractivity contribution in [2.24, 2.45) is 5.92 Å². The van der Waals surface area contributed by atoms with Crippen LogP contribution in [-0.2, 0) is 9.47 Å². The van der Waals surface area contributed by atoms with Crippen molar-refractivity contribution in [2.45, 2.75) is 50.4 Å². The van der Waals surface area contributed by atoms with Crippen LogP contribution in [0, 0.1) is 5.92 Å². The predicted octanol–water partition coefficient (Wildman–Crippen LogP) is 1.27. The largest absolute Gasteiger partial charge is 0.393 e. The molecule has 1 saturated heterocycles. The van der Waals surface area contributed by atoms with Crippen LogP contribution in [-0.4, -0.2) is 62.2 Å². The third-order valence-electron chi connectivity index (χ3n) is 4.51. The van der Waals surface area contributed by atoms with Gasteiger partial charge in [-0.2, -0.15) is 0 Å². The quantitative estimate of drug-likeness (QED) is 0.770. The van der Waals surface area contributed by atoms with Crippen molar-refractivity contribution in [3.8, 4) is 0 Å². The van der Waals surface area contributed by atoms with Crippen molar-refractivity contribution >= 4 is 0 Å². The summed E-state index contributed by atoms with van der Waals surface area (Å²) in [5, 5.41) is 10.2. The molecule has 4 heteroatoms. The highest BCUT2D eigenvalue weighted by molar-refractivity contribution is 4.88. The van der Waals surface area contributed by atoms with Crippen LogP contribution in [0.5, 0.6) is 0 Å². The van der Waals surface area contributed by atoms with Crippen LogP contribution < -0.4 is 0 Å². The van der Waals surface area contributed by atoms with E-state index in [-0.39, 0.29) is 18.3 Å². The highest BCUT2D eigenvalue weighted by Gasteiger charge is 2.35. The van der Waals surface area contributed by atoms with E-state index < -0.39 is 0 Å². The van der Waals surface area contributed by atoms with Gasteiger partial charge in [-0.15, -0.1) is 0 Å². The number of likely N-dealkylation sites (tertiary alicyclic amines) is 1. The first-order valence-corrected chi connectivity index (χ1v) is 7.20. The van der Waals surface area contributed by atoms with Crippen molar-refractivity contribution < 1.29 is 14.6 Å². The van der Waals surface area contributed by atoms with E-state index in [1.807, 2.05) is 0 Å². The van der Waals surface area contributed by atoms with E-state index in [1.165, 1.54) is 19.3 Å². The molecule has 0 aromatic rings. The standard InChI is InChI=1S/C14H27NO3/c1-17-13-9-15(10-14(13)18-2)8-11-6-4-3-5-7-12(11)16/h11-14,16H,3-10H2,1-2H3. The normalized spacial score (nSPS) is 38.8. The molecule has 0 aromatic heterocycles. The number of hydrogen-bond acceptors (Lipinski definition) is 4. The lowest BCUT2D eigenvalue weighted by molar-refractivity contribution is -0.00461. The number of rotatable bonds is 4. The molecule has 0 amide bonds. The van der Waals surface area contributed by atoms with Crippen LogP contribution in [0.4, 0.5) is 0 Å². The summed E-state index contributed by atoms with van der Waals surface area (Å²) in [6.07, 6.45) is 6.09. The lowest BCUT2D eigenvalue weighted by atomic mass is 9.97. The van der Waals surface area contributed by atoms with Crippen molar-refractivity contribution in [1.29, 1.82) is 0 Å². The van der Waals surface area contributed by atoms with Gasteiger partial charge in [-0.05, 0) is 18.8 Å². The molecule has 1 aliphatic carbocycles. The fraction of sp³-hybridized carbons (Fsp3) is 1.00. The SMILES string of the molecule is COC1CN(CC2CCCCCC2O)CC1OC. The van der Waals surface area contributed by atoms with Crippen LogP contribution in [0.2, 0.25) is 0 Å². The highest BCUT2D eigenvalue weighted by Crippen LogP contribution is 2.26. The van der Waals surface area contributed by atoms with Crippen LogP contribution in [0.25, 0.3) is 0 Å². The van der Waals surface area contributed by atoms with Gasteiger partial charge >= 0.3 is 0 Å². The van der Waals surface area contributed by atoms with Gasteiger partial charge in [0.1, 0.15) is 0 Å². The number of aliphatic hydroxyl groups excluding tert-OH is 1. The zero-order valence-electron chi connectivity index (χ0n) is 11.7. The molecule has 0 radical (unpaired) electrons. The van der Waals surface area contributed by atoms with Gasteiger partial charge in [0.15, 0.2) is 0 Å². The fourth-order valence-electron chi connectivity index (χ4n) is 3.33. The first-order valence-electron chi connectivity index (χ1n) is 7.20. The highest BCUT2D eigenvalue weighted by atomic mass is 16.5. The maximum absolute atomic E-state index is 10.2. The molecule has 1 heterocycles. The number of nitrogens with zero attached hydrogens (tertiary/aromatic N) is 1. The minimum Gasteiger partial charge on any atom is -0.393 e. The Bertz CT molecular complexity index is 237. The second-order valence-corrected chi connectivity index (χ2v) is 5.73. The molecular formula is C14H27NO3. The first-order chi connectivity index (χ1) is 8.74. The fourth-order valence-corrected chi connectivity index (χ4v) is 3.33. The van der Waals surface area contributed by atoms with E-state index in [9.17, 15) is 5.11 Å². The number of ether oxygens (including phenoxy) is 2. The minimum atomic E-state index is -0.116. The lowest BCUT2D eigenvalue weighted by Gasteiger charge is -2.26. The molecule has 106 valence electrons. The van der Waals surface area contributed by atoms with Crippen LogP contribution in [0.15, 0.2) is 0 Å². The predicted molar refractivity (Wildman–Crippen MR) is 70.6 cm³/mol. The average Bonchev–Trinajstić information content (AvgIpc) is 2.67. The Kier molecular flexibility index (Phi) is 5.42. The van der Waals surface area contributed by atoms with Crippen LogP contribution in [0.3, 0.4) is 0 Å². The van der Waals surface area contributed by atoms with E-state index in [1.54, 1.807) is 14.2 Å².